The van der Waals surface area contributed by atoms with E-state index < -0.39 is 23.8 Å². The Kier molecular flexibility index (Phi) is 17.5. The van der Waals surface area contributed by atoms with Gasteiger partial charge in [0.1, 0.15) is 36.5 Å². The Balaban J connectivity index is 1.28. The van der Waals surface area contributed by atoms with Gasteiger partial charge >= 0.3 is 6.09 Å². The lowest BCUT2D eigenvalue weighted by atomic mass is 9.55. The third-order valence-corrected chi connectivity index (χ3v) is 14.4. The molecule has 2 aliphatic carbocycles. The number of amides is 1. The second kappa shape index (κ2) is 24.3. The Bertz CT molecular complexity index is 2530. The standard InChI is InChI=1S/C57H66N2O9S/c1-4-32-65-57-53(59(38-43-21-15-20-41-18-9-10-22-47(41)43)56(62)64-34-33-63-39-40-16-7-6-8-17-40)37-51(58-66-5-2)49-35-42(19-11-13-30-60)48(23-12-14-31-61)54(55(49)57)50-36-45(26-29-52(50)68-57)67-44-24-27-46(69-3)28-25-44/h4,6-10,15-18,20-22,24-29,35-36,42,48,53-55,60-61H,1,5,11-14,19,23,30-34,37-39H2,2-3H3/t42-,48+,53-,54+,55+,57+/m0/s1. The normalized spacial score (nSPS) is 21.9. The topological polar surface area (TPSA) is 129 Å². The van der Waals surface area contributed by atoms with Crippen LogP contribution in [0.5, 0.6) is 17.2 Å². The summed E-state index contributed by atoms with van der Waals surface area (Å²) in [6.45, 7) is 7.48. The summed E-state index contributed by atoms with van der Waals surface area (Å²) in [5.41, 5.74) is 4.60. The number of oxime groups is 1. The smallest absolute Gasteiger partial charge is 0.410 e. The van der Waals surface area contributed by atoms with E-state index in [0.29, 0.717) is 43.3 Å². The summed E-state index contributed by atoms with van der Waals surface area (Å²) in [5.74, 6) is -0.0541. The van der Waals surface area contributed by atoms with Gasteiger partial charge < -0.3 is 38.7 Å². The maximum Gasteiger partial charge on any atom is 0.410 e. The lowest BCUT2D eigenvalue weighted by Gasteiger charge is -2.59. The highest BCUT2D eigenvalue weighted by atomic mass is 32.2. The minimum absolute atomic E-state index is 0.0248. The van der Waals surface area contributed by atoms with Crippen LogP contribution in [-0.2, 0) is 32.2 Å². The SMILES string of the molecule is C=CCO[C@@]12Oc3ccc(Oc4ccc(SC)cc4)cc3[C@H]3[C@H](CCCCO)[C@@H](CCCCO)C=C(C(=NOCC)C[C@@H]1N(Cc1cccc4ccccc14)C(=O)OCCOCc1ccccc1)[C@H]32. The van der Waals surface area contributed by atoms with Gasteiger partial charge in [-0.1, -0.05) is 103 Å². The van der Waals surface area contributed by atoms with Crippen LogP contribution in [0.25, 0.3) is 10.8 Å². The molecule has 6 atom stereocenters. The quantitative estimate of drug-likeness (QED) is 0.0267. The first kappa shape index (κ1) is 49.8. The van der Waals surface area contributed by atoms with E-state index in [2.05, 4.69) is 49.2 Å². The zero-order valence-corrected chi connectivity index (χ0v) is 40.7. The van der Waals surface area contributed by atoms with Crippen LogP contribution >= 0.6 is 11.8 Å². The van der Waals surface area contributed by atoms with Crippen molar-refractivity contribution in [1.29, 1.82) is 0 Å². The van der Waals surface area contributed by atoms with Crippen molar-refractivity contribution in [3.8, 4) is 17.2 Å². The predicted octanol–water partition coefficient (Wildman–Crippen LogP) is 11.9. The van der Waals surface area contributed by atoms with Crippen LogP contribution < -0.4 is 9.47 Å². The molecule has 1 heterocycles. The molecular weight excluding hydrogens is 889 g/mol. The minimum atomic E-state index is -1.47. The number of unbranched alkanes of at least 4 members (excludes halogenated alkanes) is 2. The molecule has 1 fully saturated rings. The number of benzene rings is 5. The number of fused-ring (bicyclic) bond motifs is 3. The molecule has 0 spiro atoms. The van der Waals surface area contributed by atoms with Gasteiger partial charge in [-0.25, -0.2) is 4.79 Å². The first-order valence-corrected chi connectivity index (χ1v) is 25.7. The molecule has 11 nitrogen and oxygen atoms in total. The van der Waals surface area contributed by atoms with E-state index in [1.54, 1.807) is 22.7 Å². The van der Waals surface area contributed by atoms with Crippen molar-refractivity contribution in [1.82, 2.24) is 4.90 Å². The Morgan fingerprint density at radius 1 is 0.899 bits per heavy atom. The fourth-order valence-electron chi connectivity index (χ4n) is 10.6. The number of hydrogen-bond acceptors (Lipinski definition) is 11. The molecule has 0 saturated heterocycles. The number of hydrogen-bond donors (Lipinski definition) is 2. The lowest BCUT2D eigenvalue weighted by molar-refractivity contribution is -0.256. The summed E-state index contributed by atoms with van der Waals surface area (Å²) in [7, 11) is 0. The molecule has 5 aromatic rings. The number of aliphatic hydroxyl groups is 2. The monoisotopic (exact) mass is 954 g/mol. The first-order valence-electron chi connectivity index (χ1n) is 24.4. The molecule has 3 aliphatic rings. The van der Waals surface area contributed by atoms with Crippen LogP contribution in [-0.4, -0.2) is 84.6 Å². The molecule has 69 heavy (non-hydrogen) atoms. The van der Waals surface area contributed by atoms with E-state index in [-0.39, 0.29) is 63.8 Å². The van der Waals surface area contributed by atoms with E-state index in [0.717, 1.165) is 69.4 Å². The number of thioether (sulfide) groups is 1. The summed E-state index contributed by atoms with van der Waals surface area (Å²) < 4.78 is 33.5. The second-order valence-electron chi connectivity index (χ2n) is 17.9. The number of nitrogens with zero attached hydrogens (tertiary/aromatic N) is 2. The number of carbonyl (C=O) groups excluding carboxylic acids is 1. The third kappa shape index (κ3) is 11.5. The van der Waals surface area contributed by atoms with Crippen molar-refractivity contribution >= 4 is 34.3 Å². The van der Waals surface area contributed by atoms with Crippen molar-refractivity contribution in [3.63, 3.8) is 0 Å². The van der Waals surface area contributed by atoms with Gasteiger partial charge in [0, 0.05) is 36.0 Å². The fourth-order valence-corrected chi connectivity index (χ4v) is 11.0. The molecule has 5 aromatic carbocycles. The molecule has 0 aromatic heterocycles. The summed E-state index contributed by atoms with van der Waals surface area (Å²) in [4.78, 5) is 24.1. The fraction of sp³-hybridized carbons (Fsp3) is 0.404. The van der Waals surface area contributed by atoms with Crippen LogP contribution in [0.1, 0.15) is 74.5 Å². The molecule has 364 valence electrons. The summed E-state index contributed by atoms with van der Waals surface area (Å²) >= 11 is 1.68. The van der Waals surface area contributed by atoms with Gasteiger partial charge in [-0.15, -0.1) is 18.3 Å². The summed E-state index contributed by atoms with van der Waals surface area (Å²) in [6, 6.07) is 37.5. The number of allylic oxidation sites excluding steroid dienone is 1. The van der Waals surface area contributed by atoms with Gasteiger partial charge in [0.2, 0.25) is 5.79 Å². The average Bonchev–Trinajstić information content (AvgIpc) is 3.38. The van der Waals surface area contributed by atoms with Crippen molar-refractivity contribution in [2.24, 2.45) is 22.9 Å². The van der Waals surface area contributed by atoms with E-state index >= 15 is 4.79 Å². The predicted molar refractivity (Wildman–Crippen MR) is 272 cm³/mol. The van der Waals surface area contributed by atoms with Crippen LogP contribution in [0.2, 0.25) is 0 Å². The number of aliphatic hydroxyl groups excluding tert-OH is 2. The van der Waals surface area contributed by atoms with Crippen molar-refractivity contribution in [2.45, 2.75) is 87.7 Å². The average molecular weight is 955 g/mol. The summed E-state index contributed by atoms with van der Waals surface area (Å²) in [5, 5.41) is 27.0. The van der Waals surface area contributed by atoms with Crippen LogP contribution in [0.4, 0.5) is 4.79 Å². The largest absolute Gasteiger partial charge is 0.459 e. The Hall–Kier alpha value is -5.63. The molecular formula is C57H66N2O9S. The van der Waals surface area contributed by atoms with Gasteiger partial charge in [0.15, 0.2) is 0 Å². The Morgan fingerprint density at radius 3 is 2.42 bits per heavy atom. The summed E-state index contributed by atoms with van der Waals surface area (Å²) in [6.07, 6.45) is 10.4. The van der Waals surface area contributed by atoms with Crippen molar-refractivity contribution in [3.05, 3.63) is 156 Å². The van der Waals surface area contributed by atoms with E-state index in [4.69, 9.17) is 33.7 Å². The van der Waals surface area contributed by atoms with Crippen LogP contribution in [0.3, 0.4) is 0 Å². The number of rotatable bonds is 24. The Morgan fingerprint density at radius 2 is 1.65 bits per heavy atom. The molecule has 0 radical (unpaired) electrons. The van der Waals surface area contributed by atoms with E-state index in [9.17, 15) is 10.2 Å². The molecule has 0 bridgehead atoms. The van der Waals surface area contributed by atoms with Crippen molar-refractivity contribution < 1.29 is 43.5 Å². The maximum absolute atomic E-state index is 15.2. The molecule has 12 heteroatoms. The molecule has 1 aliphatic heterocycles. The maximum atomic E-state index is 15.2. The zero-order chi connectivity index (χ0) is 48.0. The van der Waals surface area contributed by atoms with Crippen molar-refractivity contribution in [2.75, 3.05) is 45.9 Å². The Labute approximate surface area is 411 Å². The molecule has 1 saturated carbocycles. The number of ether oxygens (including phenoxy) is 5. The van der Waals surface area contributed by atoms with Gasteiger partial charge in [-0.3, -0.25) is 4.90 Å². The van der Waals surface area contributed by atoms with E-state index in [1.165, 1.54) is 0 Å². The van der Waals surface area contributed by atoms with Gasteiger partial charge in [0.05, 0.1) is 38.0 Å². The minimum Gasteiger partial charge on any atom is -0.459 e. The molecule has 0 unspecified atom stereocenters. The molecule has 1 amide bonds. The van der Waals surface area contributed by atoms with Gasteiger partial charge in [-0.05, 0) is 121 Å². The van der Waals surface area contributed by atoms with Crippen LogP contribution in [0, 0.1) is 17.8 Å². The molecule has 2 N–H and O–H groups in total. The second-order valence-corrected chi connectivity index (χ2v) is 18.8. The lowest BCUT2D eigenvalue weighted by Crippen LogP contribution is -2.70. The van der Waals surface area contributed by atoms with Crippen LogP contribution in [0.15, 0.2) is 150 Å². The van der Waals surface area contributed by atoms with Gasteiger partial charge in [0.25, 0.3) is 0 Å². The number of carbonyl (C=O) groups is 1. The van der Waals surface area contributed by atoms with Gasteiger partial charge in [-0.2, -0.15) is 0 Å². The first-order chi connectivity index (χ1) is 33.9. The van der Waals surface area contributed by atoms with E-state index in [1.807, 2.05) is 91.9 Å². The highest BCUT2D eigenvalue weighted by Crippen LogP contribution is 2.62. The highest BCUT2D eigenvalue weighted by Gasteiger charge is 2.65. The third-order valence-electron chi connectivity index (χ3n) is 13.6. The highest BCUT2D eigenvalue weighted by molar-refractivity contribution is 7.98. The zero-order valence-electron chi connectivity index (χ0n) is 39.9. The molecule has 8 rings (SSSR count).